The van der Waals surface area contributed by atoms with Crippen molar-refractivity contribution < 1.29 is 8.42 Å². The SMILES string of the molecule is CC(C)NS(=O)(=O)NC(CN)C1CC1. The Kier molecular flexibility index (Phi) is 3.88. The van der Waals surface area contributed by atoms with Gasteiger partial charge < -0.3 is 5.73 Å². The Balaban J connectivity index is 2.47. The number of hydrogen-bond acceptors (Lipinski definition) is 3. The molecule has 0 aromatic rings. The summed E-state index contributed by atoms with van der Waals surface area (Å²) in [4.78, 5) is 0. The molecule has 0 aromatic carbocycles. The van der Waals surface area contributed by atoms with Crippen molar-refractivity contribution in [3.8, 4) is 0 Å². The van der Waals surface area contributed by atoms with Gasteiger partial charge in [0.1, 0.15) is 0 Å². The van der Waals surface area contributed by atoms with E-state index in [0.29, 0.717) is 12.5 Å². The van der Waals surface area contributed by atoms with Gasteiger partial charge in [-0.15, -0.1) is 0 Å². The molecular formula is C8H19N3O2S. The Morgan fingerprint density at radius 3 is 2.29 bits per heavy atom. The first-order valence-corrected chi connectivity index (χ1v) is 6.42. The van der Waals surface area contributed by atoms with E-state index in [1.54, 1.807) is 13.8 Å². The van der Waals surface area contributed by atoms with Crippen LogP contribution in [0.2, 0.25) is 0 Å². The highest BCUT2D eigenvalue weighted by molar-refractivity contribution is 7.87. The molecule has 0 bridgehead atoms. The van der Waals surface area contributed by atoms with Crippen LogP contribution in [0.5, 0.6) is 0 Å². The van der Waals surface area contributed by atoms with Crippen molar-refractivity contribution in [2.75, 3.05) is 6.54 Å². The highest BCUT2D eigenvalue weighted by Gasteiger charge is 2.32. The zero-order valence-electron chi connectivity index (χ0n) is 8.66. The molecule has 1 fully saturated rings. The van der Waals surface area contributed by atoms with Gasteiger partial charge in [-0.2, -0.15) is 17.9 Å². The topological polar surface area (TPSA) is 84.2 Å². The van der Waals surface area contributed by atoms with E-state index in [-0.39, 0.29) is 12.1 Å². The molecule has 1 atom stereocenters. The van der Waals surface area contributed by atoms with Crippen LogP contribution in [0.1, 0.15) is 26.7 Å². The minimum Gasteiger partial charge on any atom is -0.329 e. The van der Waals surface area contributed by atoms with Gasteiger partial charge in [0.25, 0.3) is 10.2 Å². The van der Waals surface area contributed by atoms with E-state index >= 15 is 0 Å². The second-order valence-corrected chi connectivity index (χ2v) is 5.55. The van der Waals surface area contributed by atoms with E-state index in [0.717, 1.165) is 12.8 Å². The first-order valence-electron chi connectivity index (χ1n) is 4.94. The lowest BCUT2D eigenvalue weighted by Crippen LogP contribution is -2.48. The Bertz CT molecular complexity index is 272. The molecule has 0 aliphatic heterocycles. The van der Waals surface area contributed by atoms with Gasteiger partial charge in [0, 0.05) is 18.6 Å². The molecule has 1 aliphatic rings. The van der Waals surface area contributed by atoms with Crippen molar-refractivity contribution in [1.82, 2.24) is 9.44 Å². The third kappa shape index (κ3) is 3.91. The lowest BCUT2D eigenvalue weighted by molar-refractivity contribution is 0.504. The zero-order valence-corrected chi connectivity index (χ0v) is 9.47. The monoisotopic (exact) mass is 221 g/mol. The molecule has 0 amide bonds. The van der Waals surface area contributed by atoms with Gasteiger partial charge in [0.05, 0.1) is 0 Å². The molecule has 1 unspecified atom stereocenters. The van der Waals surface area contributed by atoms with Gasteiger partial charge >= 0.3 is 0 Å². The van der Waals surface area contributed by atoms with Gasteiger partial charge in [0.15, 0.2) is 0 Å². The van der Waals surface area contributed by atoms with E-state index < -0.39 is 10.2 Å². The number of rotatable bonds is 6. The van der Waals surface area contributed by atoms with E-state index in [1.807, 2.05) is 0 Å². The third-order valence-corrected chi connectivity index (χ3v) is 3.54. The lowest BCUT2D eigenvalue weighted by Gasteiger charge is -2.17. The maximum Gasteiger partial charge on any atom is 0.277 e. The average molecular weight is 221 g/mol. The van der Waals surface area contributed by atoms with E-state index in [4.69, 9.17) is 5.73 Å². The summed E-state index contributed by atoms with van der Waals surface area (Å²) in [6.07, 6.45) is 2.15. The van der Waals surface area contributed by atoms with E-state index in [2.05, 4.69) is 9.44 Å². The van der Waals surface area contributed by atoms with Crippen LogP contribution in [0.4, 0.5) is 0 Å². The smallest absolute Gasteiger partial charge is 0.277 e. The van der Waals surface area contributed by atoms with E-state index in [9.17, 15) is 8.42 Å². The van der Waals surface area contributed by atoms with Crippen molar-refractivity contribution in [3.63, 3.8) is 0 Å². The first-order chi connectivity index (χ1) is 6.44. The van der Waals surface area contributed by atoms with Crippen LogP contribution in [0, 0.1) is 5.92 Å². The van der Waals surface area contributed by atoms with Crippen LogP contribution < -0.4 is 15.2 Å². The first kappa shape index (κ1) is 11.9. The quantitative estimate of drug-likeness (QED) is 0.568. The predicted molar refractivity (Wildman–Crippen MR) is 55.9 cm³/mol. The molecule has 1 rings (SSSR count). The fraction of sp³-hybridized carbons (Fsp3) is 1.00. The summed E-state index contributed by atoms with van der Waals surface area (Å²) >= 11 is 0. The van der Waals surface area contributed by atoms with Gasteiger partial charge in [-0.1, -0.05) is 0 Å². The van der Waals surface area contributed by atoms with Gasteiger partial charge in [-0.3, -0.25) is 0 Å². The summed E-state index contributed by atoms with van der Waals surface area (Å²) in [6, 6.07) is -0.198. The molecule has 14 heavy (non-hydrogen) atoms. The van der Waals surface area contributed by atoms with Crippen molar-refractivity contribution in [2.45, 2.75) is 38.8 Å². The van der Waals surface area contributed by atoms with E-state index in [1.165, 1.54) is 0 Å². The molecule has 0 aromatic heterocycles. The summed E-state index contributed by atoms with van der Waals surface area (Å²) in [7, 11) is -3.38. The fourth-order valence-electron chi connectivity index (χ4n) is 1.38. The zero-order chi connectivity index (χ0) is 10.8. The molecular weight excluding hydrogens is 202 g/mol. The van der Waals surface area contributed by atoms with Gasteiger partial charge in [-0.05, 0) is 32.6 Å². The van der Waals surface area contributed by atoms with Gasteiger partial charge in [-0.25, -0.2) is 0 Å². The number of hydrogen-bond donors (Lipinski definition) is 3. The van der Waals surface area contributed by atoms with Crippen LogP contribution >= 0.6 is 0 Å². The maximum atomic E-state index is 11.5. The molecule has 84 valence electrons. The highest BCUT2D eigenvalue weighted by atomic mass is 32.2. The molecule has 1 saturated carbocycles. The van der Waals surface area contributed by atoms with Crippen molar-refractivity contribution in [1.29, 1.82) is 0 Å². The van der Waals surface area contributed by atoms with Crippen LogP contribution in [0.25, 0.3) is 0 Å². The molecule has 5 nitrogen and oxygen atoms in total. The largest absolute Gasteiger partial charge is 0.329 e. The predicted octanol–water partition coefficient (Wildman–Crippen LogP) is -0.444. The Morgan fingerprint density at radius 1 is 1.36 bits per heavy atom. The fourth-order valence-corrected chi connectivity index (χ4v) is 2.75. The highest BCUT2D eigenvalue weighted by Crippen LogP contribution is 2.32. The van der Waals surface area contributed by atoms with Crippen molar-refractivity contribution in [2.24, 2.45) is 11.7 Å². The minimum atomic E-state index is -3.38. The second kappa shape index (κ2) is 4.57. The molecule has 4 N–H and O–H groups in total. The minimum absolute atomic E-state index is 0.0925. The standard InChI is InChI=1S/C8H19N3O2S/c1-6(2)10-14(12,13)11-8(5-9)7-3-4-7/h6-8,10-11H,3-5,9H2,1-2H3. The summed E-state index contributed by atoms with van der Waals surface area (Å²) in [5.41, 5.74) is 5.50. The van der Waals surface area contributed by atoms with Crippen molar-refractivity contribution >= 4 is 10.2 Å². The molecule has 0 saturated heterocycles. The third-order valence-electron chi connectivity index (χ3n) is 2.14. The molecule has 6 heteroatoms. The Labute approximate surface area is 85.6 Å². The van der Waals surface area contributed by atoms with Gasteiger partial charge in [0.2, 0.25) is 0 Å². The molecule has 0 radical (unpaired) electrons. The number of nitrogens with two attached hydrogens (primary N) is 1. The molecule has 0 spiro atoms. The Morgan fingerprint density at radius 2 is 1.93 bits per heavy atom. The van der Waals surface area contributed by atoms with Crippen LogP contribution in [0.3, 0.4) is 0 Å². The van der Waals surface area contributed by atoms with Crippen LogP contribution in [-0.4, -0.2) is 27.0 Å². The van der Waals surface area contributed by atoms with Crippen molar-refractivity contribution in [3.05, 3.63) is 0 Å². The lowest BCUT2D eigenvalue weighted by atomic mass is 10.2. The summed E-state index contributed by atoms with van der Waals surface area (Å²) in [5, 5.41) is 0. The average Bonchev–Trinajstić information content (AvgIpc) is 2.79. The number of nitrogens with one attached hydrogen (secondary N) is 2. The summed E-state index contributed by atoms with van der Waals surface area (Å²) < 4.78 is 28.0. The maximum absolute atomic E-state index is 11.5. The van der Waals surface area contributed by atoms with Crippen LogP contribution in [-0.2, 0) is 10.2 Å². The summed E-state index contributed by atoms with van der Waals surface area (Å²) in [6.45, 7) is 3.94. The summed E-state index contributed by atoms with van der Waals surface area (Å²) in [5.74, 6) is 0.434. The molecule has 0 heterocycles. The molecule has 1 aliphatic carbocycles. The second-order valence-electron chi connectivity index (χ2n) is 4.07. The normalized spacial score (nSPS) is 20.0. The Hall–Kier alpha value is -0.170. The van der Waals surface area contributed by atoms with Crippen LogP contribution in [0.15, 0.2) is 0 Å².